The molecule has 1 saturated carbocycles. The summed E-state index contributed by atoms with van der Waals surface area (Å²) in [6.07, 6.45) is 5.42. The van der Waals surface area contributed by atoms with Gasteiger partial charge in [0, 0.05) is 43.8 Å². The van der Waals surface area contributed by atoms with Crippen LogP contribution in [0, 0.1) is 12.8 Å². The molecular weight excluding hydrogens is 326 g/mol. The van der Waals surface area contributed by atoms with Gasteiger partial charge in [-0.2, -0.15) is 0 Å². The average molecular weight is 355 g/mol. The molecule has 1 aliphatic carbocycles. The van der Waals surface area contributed by atoms with Crippen LogP contribution >= 0.6 is 0 Å². The van der Waals surface area contributed by atoms with Gasteiger partial charge in [0.1, 0.15) is 0 Å². The van der Waals surface area contributed by atoms with Crippen LogP contribution in [0.1, 0.15) is 44.1 Å². The molecule has 2 saturated heterocycles. The minimum atomic E-state index is -0.0249. The summed E-state index contributed by atoms with van der Waals surface area (Å²) in [5.74, 6) is 0.364. The van der Waals surface area contributed by atoms with Crippen LogP contribution in [0.3, 0.4) is 0 Å². The lowest BCUT2D eigenvalue weighted by Crippen LogP contribution is -2.50. The van der Waals surface area contributed by atoms with Gasteiger partial charge in [-0.3, -0.25) is 9.59 Å². The zero-order valence-electron chi connectivity index (χ0n) is 15.6. The fraction of sp³-hybridized carbons (Fsp3) is 0.619. The van der Waals surface area contributed by atoms with Crippen LogP contribution in [0.5, 0.6) is 0 Å². The molecule has 1 N–H and O–H groups in total. The molecule has 5 heteroatoms. The number of rotatable bonds is 4. The molecular formula is C21H29N3O2. The summed E-state index contributed by atoms with van der Waals surface area (Å²) >= 11 is 0. The van der Waals surface area contributed by atoms with Gasteiger partial charge in [0.2, 0.25) is 11.8 Å². The molecule has 26 heavy (non-hydrogen) atoms. The van der Waals surface area contributed by atoms with Gasteiger partial charge in [0.25, 0.3) is 0 Å². The number of aryl methyl sites for hydroxylation is 1. The molecule has 0 aromatic heterocycles. The zero-order chi connectivity index (χ0) is 18.1. The number of anilines is 1. The summed E-state index contributed by atoms with van der Waals surface area (Å²) in [6.45, 7) is 4.70. The fourth-order valence-electron chi connectivity index (χ4n) is 4.25. The number of hydrogen-bond donors (Lipinski definition) is 1. The van der Waals surface area contributed by atoms with Crippen LogP contribution in [-0.4, -0.2) is 48.4 Å². The highest BCUT2D eigenvalue weighted by Gasteiger charge is 2.39. The first kappa shape index (κ1) is 17.4. The van der Waals surface area contributed by atoms with Gasteiger partial charge in [-0.1, -0.05) is 12.1 Å². The Labute approximate surface area is 155 Å². The zero-order valence-corrected chi connectivity index (χ0v) is 15.6. The number of carbonyl (C=O) groups excluding carboxylic acids is 2. The molecule has 0 radical (unpaired) electrons. The average Bonchev–Trinajstić information content (AvgIpc) is 3.48. The second-order valence-corrected chi connectivity index (χ2v) is 8.12. The second kappa shape index (κ2) is 7.29. The van der Waals surface area contributed by atoms with Crippen LogP contribution in [0.15, 0.2) is 24.3 Å². The molecule has 2 heterocycles. The summed E-state index contributed by atoms with van der Waals surface area (Å²) < 4.78 is 0. The molecule has 3 fully saturated rings. The number of nitrogens with zero attached hydrogens (tertiary/aromatic N) is 2. The number of carbonyl (C=O) groups is 2. The molecule has 0 unspecified atom stereocenters. The Morgan fingerprint density at radius 1 is 1.12 bits per heavy atom. The van der Waals surface area contributed by atoms with Gasteiger partial charge in [-0.05, 0) is 56.7 Å². The van der Waals surface area contributed by atoms with Crippen LogP contribution in [-0.2, 0) is 9.59 Å². The Bertz CT molecular complexity index is 678. The number of likely N-dealkylation sites (tertiary alicyclic amines) is 1. The van der Waals surface area contributed by atoms with Crippen LogP contribution in [0.2, 0.25) is 0 Å². The molecule has 4 rings (SSSR count). The highest BCUT2D eigenvalue weighted by molar-refractivity contribution is 5.84. The van der Waals surface area contributed by atoms with Crippen molar-refractivity contribution in [3.05, 3.63) is 29.8 Å². The van der Waals surface area contributed by atoms with Crippen molar-refractivity contribution in [2.45, 2.75) is 57.5 Å². The van der Waals surface area contributed by atoms with Gasteiger partial charge in [-0.15, -0.1) is 0 Å². The van der Waals surface area contributed by atoms with Crippen molar-refractivity contribution in [3.8, 4) is 0 Å². The number of nitrogens with one attached hydrogen (secondary N) is 1. The summed E-state index contributed by atoms with van der Waals surface area (Å²) in [7, 11) is 0. The second-order valence-electron chi connectivity index (χ2n) is 8.12. The molecule has 2 aliphatic heterocycles. The maximum Gasteiger partial charge on any atom is 0.225 e. The quantitative estimate of drug-likeness (QED) is 0.903. The van der Waals surface area contributed by atoms with E-state index in [2.05, 4.69) is 41.4 Å². The lowest BCUT2D eigenvalue weighted by atomic mass is 9.95. The number of benzene rings is 1. The van der Waals surface area contributed by atoms with E-state index < -0.39 is 0 Å². The smallest absolute Gasteiger partial charge is 0.225 e. The predicted octanol–water partition coefficient (Wildman–Crippen LogP) is 2.48. The Morgan fingerprint density at radius 2 is 1.88 bits per heavy atom. The van der Waals surface area contributed by atoms with E-state index in [0.717, 1.165) is 38.8 Å². The third-order valence-electron chi connectivity index (χ3n) is 6.01. The van der Waals surface area contributed by atoms with Gasteiger partial charge in [0.05, 0.1) is 5.92 Å². The molecule has 1 aromatic carbocycles. The van der Waals surface area contributed by atoms with Gasteiger partial charge < -0.3 is 15.1 Å². The van der Waals surface area contributed by atoms with E-state index in [9.17, 15) is 9.59 Å². The molecule has 0 bridgehead atoms. The highest BCUT2D eigenvalue weighted by Crippen LogP contribution is 2.32. The van der Waals surface area contributed by atoms with E-state index in [1.54, 1.807) is 0 Å². The molecule has 0 spiro atoms. The molecule has 140 valence electrons. The number of amides is 2. The van der Waals surface area contributed by atoms with Crippen molar-refractivity contribution in [1.29, 1.82) is 0 Å². The fourth-order valence-corrected chi connectivity index (χ4v) is 4.25. The van der Waals surface area contributed by atoms with E-state index in [-0.39, 0.29) is 23.8 Å². The first-order valence-corrected chi connectivity index (χ1v) is 10.0. The highest BCUT2D eigenvalue weighted by atomic mass is 16.2. The Hall–Kier alpha value is -2.04. The molecule has 1 aromatic rings. The van der Waals surface area contributed by atoms with Crippen molar-refractivity contribution < 1.29 is 9.59 Å². The van der Waals surface area contributed by atoms with Gasteiger partial charge in [-0.25, -0.2) is 0 Å². The molecule has 1 atom stereocenters. The minimum absolute atomic E-state index is 0.0249. The monoisotopic (exact) mass is 355 g/mol. The Morgan fingerprint density at radius 3 is 2.58 bits per heavy atom. The van der Waals surface area contributed by atoms with E-state index in [1.165, 1.54) is 11.3 Å². The first-order chi connectivity index (χ1) is 12.6. The van der Waals surface area contributed by atoms with Crippen molar-refractivity contribution in [3.63, 3.8) is 0 Å². The molecule has 5 nitrogen and oxygen atoms in total. The van der Waals surface area contributed by atoms with Crippen molar-refractivity contribution >= 4 is 17.5 Å². The standard InChI is InChI=1S/C21H29N3O2/c1-15-3-2-4-19(13-15)23-11-9-17(10-12-23)22-21(26)16-5-8-20(25)24(14-16)18-6-7-18/h2-4,13,16-18H,5-12,14H2,1H3,(H,22,26)/t16-/m1/s1. The largest absolute Gasteiger partial charge is 0.371 e. The summed E-state index contributed by atoms with van der Waals surface area (Å²) in [4.78, 5) is 29.1. The van der Waals surface area contributed by atoms with Crippen molar-refractivity contribution in [2.75, 3.05) is 24.5 Å². The van der Waals surface area contributed by atoms with Gasteiger partial charge in [0.15, 0.2) is 0 Å². The molecule has 2 amide bonds. The Balaban J connectivity index is 1.27. The number of hydrogen-bond acceptors (Lipinski definition) is 3. The Kier molecular flexibility index (Phi) is 4.88. The van der Waals surface area contributed by atoms with E-state index in [4.69, 9.17) is 0 Å². The van der Waals surface area contributed by atoms with E-state index >= 15 is 0 Å². The van der Waals surface area contributed by atoms with Crippen LogP contribution in [0.25, 0.3) is 0 Å². The third-order valence-corrected chi connectivity index (χ3v) is 6.01. The first-order valence-electron chi connectivity index (χ1n) is 10.0. The normalized spacial score (nSPS) is 24.7. The molecule has 3 aliphatic rings. The van der Waals surface area contributed by atoms with Crippen molar-refractivity contribution in [1.82, 2.24) is 10.2 Å². The summed E-state index contributed by atoms with van der Waals surface area (Å²) in [5.41, 5.74) is 2.56. The van der Waals surface area contributed by atoms with Crippen LogP contribution in [0.4, 0.5) is 5.69 Å². The SMILES string of the molecule is Cc1cccc(N2CCC(NC(=O)[C@@H]3CCC(=O)N(C4CC4)C3)CC2)c1. The number of piperidine rings is 2. The summed E-state index contributed by atoms with van der Waals surface area (Å²) in [6, 6.07) is 9.29. The van der Waals surface area contributed by atoms with Crippen molar-refractivity contribution in [2.24, 2.45) is 5.92 Å². The summed E-state index contributed by atoms with van der Waals surface area (Å²) in [5, 5.41) is 3.26. The topological polar surface area (TPSA) is 52.7 Å². The van der Waals surface area contributed by atoms with E-state index in [1.807, 2.05) is 4.90 Å². The van der Waals surface area contributed by atoms with Gasteiger partial charge >= 0.3 is 0 Å². The predicted molar refractivity (Wildman–Crippen MR) is 102 cm³/mol. The maximum absolute atomic E-state index is 12.7. The minimum Gasteiger partial charge on any atom is -0.371 e. The van der Waals surface area contributed by atoms with E-state index in [0.29, 0.717) is 25.4 Å². The lowest BCUT2D eigenvalue weighted by Gasteiger charge is -2.36. The van der Waals surface area contributed by atoms with Crippen LogP contribution < -0.4 is 10.2 Å². The maximum atomic E-state index is 12.7. The lowest BCUT2D eigenvalue weighted by molar-refractivity contribution is -0.139. The third kappa shape index (κ3) is 3.87.